The summed E-state index contributed by atoms with van der Waals surface area (Å²) in [5.74, 6) is 1.71. The Morgan fingerprint density at radius 1 is 1.19 bits per heavy atom. The molecule has 0 saturated heterocycles. The average molecular weight is 442 g/mol. The van der Waals surface area contributed by atoms with Gasteiger partial charge in [0.05, 0.1) is 5.69 Å². The lowest BCUT2D eigenvalue weighted by Gasteiger charge is -2.12. The highest BCUT2D eigenvalue weighted by atomic mass is 32.1. The zero-order valence-corrected chi connectivity index (χ0v) is 18.7. The number of ether oxygens (including phenoxy) is 2. The van der Waals surface area contributed by atoms with E-state index in [0.29, 0.717) is 30.5 Å². The van der Waals surface area contributed by atoms with Crippen LogP contribution >= 0.6 is 11.3 Å². The standard InChI is InChI=1S/C22H27N5O3S/c1-16-15-31-22(25-16)26-21-19(8-5-9-24-21)30-13-17-6-4-7-18(12-17)29-14-20(28)23-10-11-27(2)3/h4-9,12,15H,10-11,13-14H2,1-3H3,(H,23,28)(H,24,25,26). The Labute approximate surface area is 186 Å². The Morgan fingerprint density at radius 3 is 2.84 bits per heavy atom. The second-order valence-electron chi connectivity index (χ2n) is 7.15. The molecule has 2 aromatic heterocycles. The number of carbonyl (C=O) groups is 1. The van der Waals surface area contributed by atoms with Crippen LogP contribution < -0.4 is 20.1 Å². The number of aromatic nitrogens is 2. The number of carbonyl (C=O) groups excluding carboxylic acids is 1. The highest BCUT2D eigenvalue weighted by Crippen LogP contribution is 2.27. The number of anilines is 2. The summed E-state index contributed by atoms with van der Waals surface area (Å²) in [5, 5.41) is 8.76. The van der Waals surface area contributed by atoms with E-state index in [1.54, 1.807) is 6.20 Å². The zero-order valence-electron chi connectivity index (χ0n) is 17.9. The van der Waals surface area contributed by atoms with Gasteiger partial charge in [-0.15, -0.1) is 11.3 Å². The molecule has 0 unspecified atom stereocenters. The van der Waals surface area contributed by atoms with E-state index < -0.39 is 0 Å². The fraction of sp³-hybridized carbons (Fsp3) is 0.318. The van der Waals surface area contributed by atoms with Gasteiger partial charge in [-0.1, -0.05) is 12.1 Å². The summed E-state index contributed by atoms with van der Waals surface area (Å²) >= 11 is 1.51. The number of nitrogens with one attached hydrogen (secondary N) is 2. The van der Waals surface area contributed by atoms with Crippen LogP contribution in [-0.2, 0) is 11.4 Å². The predicted octanol–water partition coefficient (Wildman–Crippen LogP) is 3.23. The first kappa shape index (κ1) is 22.5. The number of hydrogen-bond donors (Lipinski definition) is 2. The van der Waals surface area contributed by atoms with Gasteiger partial charge in [0, 0.05) is 24.7 Å². The number of likely N-dealkylation sites (N-methyl/N-ethyl adjacent to an activating group) is 1. The highest BCUT2D eigenvalue weighted by molar-refractivity contribution is 7.13. The number of nitrogens with zero attached hydrogens (tertiary/aromatic N) is 3. The molecule has 8 nitrogen and oxygen atoms in total. The zero-order chi connectivity index (χ0) is 22.1. The van der Waals surface area contributed by atoms with Gasteiger partial charge in [0.25, 0.3) is 5.91 Å². The molecule has 3 aromatic rings. The van der Waals surface area contributed by atoms with Crippen molar-refractivity contribution in [3.63, 3.8) is 0 Å². The average Bonchev–Trinajstić information content (AvgIpc) is 3.16. The Morgan fingerprint density at radius 2 is 2.06 bits per heavy atom. The molecule has 0 fully saturated rings. The minimum Gasteiger partial charge on any atom is -0.485 e. The van der Waals surface area contributed by atoms with Crippen LogP contribution in [0.4, 0.5) is 10.9 Å². The molecule has 0 aliphatic carbocycles. The molecule has 0 saturated carbocycles. The molecule has 3 rings (SSSR count). The van der Waals surface area contributed by atoms with Crippen LogP contribution in [0, 0.1) is 6.92 Å². The molecule has 9 heteroatoms. The van der Waals surface area contributed by atoms with Gasteiger partial charge in [-0.05, 0) is 50.8 Å². The number of amides is 1. The smallest absolute Gasteiger partial charge is 0.257 e. The monoisotopic (exact) mass is 441 g/mol. The van der Waals surface area contributed by atoms with E-state index in [2.05, 4.69) is 20.6 Å². The summed E-state index contributed by atoms with van der Waals surface area (Å²) in [6.45, 7) is 3.63. The maximum atomic E-state index is 11.9. The third-order valence-corrected chi connectivity index (χ3v) is 5.03. The molecule has 0 radical (unpaired) electrons. The maximum Gasteiger partial charge on any atom is 0.257 e. The van der Waals surface area contributed by atoms with Crippen molar-refractivity contribution in [1.82, 2.24) is 20.2 Å². The van der Waals surface area contributed by atoms with E-state index in [-0.39, 0.29) is 12.5 Å². The third kappa shape index (κ3) is 7.54. The van der Waals surface area contributed by atoms with Gasteiger partial charge in [0.1, 0.15) is 12.4 Å². The molecular weight excluding hydrogens is 414 g/mol. The van der Waals surface area contributed by atoms with Crippen LogP contribution in [0.3, 0.4) is 0 Å². The molecule has 1 aromatic carbocycles. The molecule has 0 atom stereocenters. The van der Waals surface area contributed by atoms with E-state index in [1.807, 2.05) is 67.7 Å². The fourth-order valence-electron chi connectivity index (χ4n) is 2.62. The van der Waals surface area contributed by atoms with Crippen molar-refractivity contribution < 1.29 is 14.3 Å². The molecule has 1 amide bonds. The van der Waals surface area contributed by atoms with Gasteiger partial charge in [0.15, 0.2) is 23.3 Å². The highest BCUT2D eigenvalue weighted by Gasteiger charge is 2.09. The molecule has 0 aliphatic rings. The van der Waals surface area contributed by atoms with Gasteiger partial charge in [-0.25, -0.2) is 9.97 Å². The first-order valence-corrected chi connectivity index (χ1v) is 10.8. The summed E-state index contributed by atoms with van der Waals surface area (Å²) in [4.78, 5) is 22.6. The first-order valence-electron chi connectivity index (χ1n) is 9.90. The van der Waals surface area contributed by atoms with Crippen molar-refractivity contribution in [2.45, 2.75) is 13.5 Å². The molecule has 31 heavy (non-hydrogen) atoms. The summed E-state index contributed by atoms with van der Waals surface area (Å²) < 4.78 is 11.6. The summed E-state index contributed by atoms with van der Waals surface area (Å²) in [6.07, 6.45) is 1.70. The molecule has 2 N–H and O–H groups in total. The number of benzene rings is 1. The van der Waals surface area contributed by atoms with Crippen LogP contribution in [0.5, 0.6) is 11.5 Å². The van der Waals surface area contributed by atoms with E-state index in [0.717, 1.165) is 22.9 Å². The van der Waals surface area contributed by atoms with Gasteiger partial charge >= 0.3 is 0 Å². The molecular formula is C22H27N5O3S. The molecule has 2 heterocycles. The third-order valence-electron chi connectivity index (χ3n) is 4.16. The van der Waals surface area contributed by atoms with E-state index in [4.69, 9.17) is 9.47 Å². The van der Waals surface area contributed by atoms with E-state index >= 15 is 0 Å². The maximum absolute atomic E-state index is 11.9. The van der Waals surface area contributed by atoms with Gasteiger partial charge in [0.2, 0.25) is 0 Å². The van der Waals surface area contributed by atoms with E-state index in [9.17, 15) is 4.79 Å². The number of aryl methyl sites for hydroxylation is 1. The lowest BCUT2D eigenvalue weighted by molar-refractivity contribution is -0.123. The topological polar surface area (TPSA) is 88.6 Å². The van der Waals surface area contributed by atoms with Crippen LogP contribution in [-0.4, -0.2) is 54.6 Å². The van der Waals surface area contributed by atoms with Crippen molar-refractivity contribution in [2.24, 2.45) is 0 Å². The quantitative estimate of drug-likeness (QED) is 0.472. The van der Waals surface area contributed by atoms with Crippen molar-refractivity contribution >= 4 is 28.2 Å². The Kier molecular flexibility index (Phi) is 8.19. The lowest BCUT2D eigenvalue weighted by atomic mass is 10.2. The molecule has 0 aliphatic heterocycles. The molecule has 0 spiro atoms. The minimum absolute atomic E-state index is 0.0261. The SMILES string of the molecule is Cc1csc(Nc2ncccc2OCc2cccc(OCC(=O)NCCN(C)C)c2)n1. The number of hydrogen-bond acceptors (Lipinski definition) is 8. The number of pyridine rings is 1. The Hall–Kier alpha value is -3.17. The van der Waals surface area contributed by atoms with Crippen molar-refractivity contribution in [3.05, 3.63) is 59.2 Å². The normalized spacial score (nSPS) is 10.7. The second-order valence-corrected chi connectivity index (χ2v) is 8.01. The van der Waals surface area contributed by atoms with Crippen molar-refractivity contribution in [2.75, 3.05) is 39.1 Å². The fourth-order valence-corrected chi connectivity index (χ4v) is 3.31. The predicted molar refractivity (Wildman–Crippen MR) is 122 cm³/mol. The lowest BCUT2D eigenvalue weighted by Crippen LogP contribution is -2.34. The van der Waals surface area contributed by atoms with Gasteiger partial charge in [-0.3, -0.25) is 4.79 Å². The van der Waals surface area contributed by atoms with Crippen LogP contribution in [0.2, 0.25) is 0 Å². The Bertz CT molecular complexity index is 993. The second kappa shape index (κ2) is 11.3. The van der Waals surface area contributed by atoms with Crippen LogP contribution in [0.1, 0.15) is 11.3 Å². The minimum atomic E-state index is -0.146. The number of rotatable bonds is 11. The number of thiazole rings is 1. The van der Waals surface area contributed by atoms with Crippen molar-refractivity contribution in [1.29, 1.82) is 0 Å². The summed E-state index contributed by atoms with van der Waals surface area (Å²) in [6, 6.07) is 11.2. The summed E-state index contributed by atoms with van der Waals surface area (Å²) in [7, 11) is 3.92. The van der Waals surface area contributed by atoms with Gasteiger partial charge < -0.3 is 25.0 Å². The van der Waals surface area contributed by atoms with Gasteiger partial charge in [-0.2, -0.15) is 0 Å². The molecule has 164 valence electrons. The van der Waals surface area contributed by atoms with E-state index in [1.165, 1.54) is 11.3 Å². The largest absolute Gasteiger partial charge is 0.485 e. The Balaban J connectivity index is 1.53. The first-order chi connectivity index (χ1) is 15.0. The van der Waals surface area contributed by atoms with Crippen LogP contribution in [0.25, 0.3) is 0 Å². The van der Waals surface area contributed by atoms with Crippen LogP contribution in [0.15, 0.2) is 48.0 Å². The summed E-state index contributed by atoms with van der Waals surface area (Å²) in [5.41, 5.74) is 1.87. The van der Waals surface area contributed by atoms with Crippen molar-refractivity contribution in [3.8, 4) is 11.5 Å². The molecule has 0 bridgehead atoms.